The fourth-order valence-corrected chi connectivity index (χ4v) is 4.41. The van der Waals surface area contributed by atoms with Crippen LogP contribution in [0.5, 0.6) is 0 Å². The van der Waals surface area contributed by atoms with E-state index in [0.29, 0.717) is 5.92 Å². The summed E-state index contributed by atoms with van der Waals surface area (Å²) in [5.74, 6) is 2.19. The van der Waals surface area contributed by atoms with Crippen LogP contribution in [0.1, 0.15) is 69.3 Å². The van der Waals surface area contributed by atoms with Gasteiger partial charge in [-0.1, -0.05) is 49.8 Å². The Labute approximate surface area is 126 Å². The van der Waals surface area contributed by atoms with Crippen molar-refractivity contribution < 1.29 is 4.39 Å². The molecular weight excluding hydrogens is 271 g/mol. The van der Waals surface area contributed by atoms with E-state index in [1.54, 1.807) is 12.1 Å². The van der Waals surface area contributed by atoms with Crippen LogP contribution in [0.25, 0.3) is 0 Å². The largest absolute Gasteiger partial charge is 0.205 e. The number of benzene rings is 1. The molecule has 20 heavy (non-hydrogen) atoms. The van der Waals surface area contributed by atoms with E-state index in [1.165, 1.54) is 57.8 Å². The molecule has 0 aromatic heterocycles. The molecule has 0 unspecified atom stereocenters. The molecule has 0 nitrogen and oxygen atoms in total. The molecule has 0 aliphatic heterocycles. The molecule has 0 bridgehead atoms. The predicted molar refractivity (Wildman–Crippen MR) is 82.7 cm³/mol. The second kappa shape index (κ2) is 6.47. The van der Waals surface area contributed by atoms with Gasteiger partial charge in [-0.25, -0.2) is 4.39 Å². The van der Waals surface area contributed by atoms with Crippen molar-refractivity contribution in [3.63, 3.8) is 0 Å². The first-order valence-electron chi connectivity index (χ1n) is 8.19. The molecule has 0 spiro atoms. The zero-order valence-electron chi connectivity index (χ0n) is 12.1. The van der Waals surface area contributed by atoms with Crippen LogP contribution in [-0.4, -0.2) is 0 Å². The van der Waals surface area contributed by atoms with Crippen molar-refractivity contribution in [2.45, 2.75) is 63.7 Å². The minimum Gasteiger partial charge on any atom is -0.205 e. The summed E-state index contributed by atoms with van der Waals surface area (Å²) in [4.78, 5) is 0. The first-order chi connectivity index (χ1) is 9.74. The highest BCUT2D eigenvalue weighted by Crippen LogP contribution is 2.43. The molecule has 1 aromatic carbocycles. The maximum absolute atomic E-state index is 13.6. The highest BCUT2D eigenvalue weighted by Gasteiger charge is 2.29. The average Bonchev–Trinajstić information content (AvgIpc) is 2.51. The van der Waals surface area contributed by atoms with E-state index in [4.69, 9.17) is 11.6 Å². The summed E-state index contributed by atoms with van der Waals surface area (Å²) in [6.07, 6.45) is 12.3. The van der Waals surface area contributed by atoms with Gasteiger partial charge in [0.15, 0.2) is 0 Å². The first-order valence-corrected chi connectivity index (χ1v) is 8.57. The minimum atomic E-state index is -0.265. The number of hydrogen-bond donors (Lipinski definition) is 0. The van der Waals surface area contributed by atoms with Gasteiger partial charge in [0.05, 0.1) is 5.02 Å². The molecule has 0 radical (unpaired) electrons. The molecule has 110 valence electrons. The van der Waals surface area contributed by atoms with Crippen LogP contribution >= 0.6 is 11.6 Å². The fourth-order valence-electron chi connectivity index (χ4n) is 4.30. The quantitative estimate of drug-likeness (QED) is 0.597. The van der Waals surface area contributed by atoms with Gasteiger partial charge in [-0.15, -0.1) is 0 Å². The van der Waals surface area contributed by atoms with Crippen LogP contribution in [0.15, 0.2) is 18.2 Å². The number of rotatable bonds is 2. The van der Waals surface area contributed by atoms with E-state index >= 15 is 0 Å². The molecule has 0 N–H and O–H groups in total. The number of halogens is 2. The predicted octanol–water partition coefficient (Wildman–Crippen LogP) is 6.33. The van der Waals surface area contributed by atoms with E-state index in [1.807, 2.05) is 6.07 Å². The SMILES string of the molecule is Fc1cc(C2CCC(C3CCCCC3)CC2)ccc1Cl. The van der Waals surface area contributed by atoms with Gasteiger partial charge in [-0.3, -0.25) is 0 Å². The van der Waals surface area contributed by atoms with Crippen LogP contribution in [0.3, 0.4) is 0 Å². The van der Waals surface area contributed by atoms with E-state index in [0.717, 1.165) is 17.4 Å². The van der Waals surface area contributed by atoms with Crippen LogP contribution in [0.4, 0.5) is 4.39 Å². The van der Waals surface area contributed by atoms with Crippen LogP contribution < -0.4 is 0 Å². The van der Waals surface area contributed by atoms with Gasteiger partial charge in [0, 0.05) is 0 Å². The molecular formula is C18H24ClF. The molecule has 3 rings (SSSR count). The maximum Gasteiger partial charge on any atom is 0.142 e. The highest BCUT2D eigenvalue weighted by atomic mass is 35.5. The second-order valence-corrected chi connectivity index (χ2v) is 7.09. The van der Waals surface area contributed by atoms with Gasteiger partial charge < -0.3 is 0 Å². The Balaban J connectivity index is 1.58. The van der Waals surface area contributed by atoms with Crippen molar-refractivity contribution in [3.05, 3.63) is 34.6 Å². The van der Waals surface area contributed by atoms with Crippen molar-refractivity contribution >= 4 is 11.6 Å². The Morgan fingerprint density at radius 2 is 1.50 bits per heavy atom. The summed E-state index contributed by atoms with van der Waals surface area (Å²) in [5, 5.41) is 0.240. The third-order valence-corrected chi connectivity index (χ3v) is 5.81. The molecule has 0 saturated heterocycles. The molecule has 2 aliphatic carbocycles. The van der Waals surface area contributed by atoms with E-state index in [2.05, 4.69) is 0 Å². The Bertz CT molecular complexity index is 443. The van der Waals surface area contributed by atoms with Gasteiger partial charge in [0.2, 0.25) is 0 Å². The number of hydrogen-bond acceptors (Lipinski definition) is 0. The van der Waals surface area contributed by atoms with E-state index in [9.17, 15) is 4.39 Å². The van der Waals surface area contributed by atoms with E-state index in [-0.39, 0.29) is 10.8 Å². The molecule has 0 atom stereocenters. The van der Waals surface area contributed by atoms with Gasteiger partial charge in [0.1, 0.15) is 5.82 Å². The normalized spacial score (nSPS) is 28.5. The zero-order chi connectivity index (χ0) is 13.9. The Hall–Kier alpha value is -0.560. The second-order valence-electron chi connectivity index (χ2n) is 6.68. The molecule has 2 fully saturated rings. The lowest BCUT2D eigenvalue weighted by Gasteiger charge is -2.36. The Morgan fingerprint density at radius 3 is 2.15 bits per heavy atom. The van der Waals surface area contributed by atoms with Crippen LogP contribution in [-0.2, 0) is 0 Å². The van der Waals surface area contributed by atoms with E-state index < -0.39 is 0 Å². The molecule has 1 aromatic rings. The van der Waals surface area contributed by atoms with Crippen molar-refractivity contribution in [2.24, 2.45) is 11.8 Å². The Morgan fingerprint density at radius 1 is 0.850 bits per heavy atom. The lowest BCUT2D eigenvalue weighted by atomic mass is 9.70. The lowest BCUT2D eigenvalue weighted by Crippen LogP contribution is -2.23. The summed E-state index contributed by atoms with van der Waals surface area (Å²) in [6.45, 7) is 0. The van der Waals surface area contributed by atoms with Crippen molar-refractivity contribution in [2.75, 3.05) is 0 Å². The monoisotopic (exact) mass is 294 g/mol. The van der Waals surface area contributed by atoms with Gasteiger partial charge in [0.25, 0.3) is 0 Å². The standard InChI is InChI=1S/C18H24ClF/c19-17-11-10-16(12-18(17)20)15-8-6-14(7-9-15)13-4-2-1-3-5-13/h10-15H,1-9H2. The van der Waals surface area contributed by atoms with Crippen molar-refractivity contribution in [1.29, 1.82) is 0 Å². The summed E-state index contributed by atoms with van der Waals surface area (Å²) in [6, 6.07) is 5.37. The van der Waals surface area contributed by atoms with Crippen molar-refractivity contribution in [1.82, 2.24) is 0 Å². The summed E-state index contributed by atoms with van der Waals surface area (Å²) >= 11 is 5.77. The molecule has 2 saturated carbocycles. The summed E-state index contributed by atoms with van der Waals surface area (Å²) in [5.41, 5.74) is 1.15. The molecule has 2 heteroatoms. The average molecular weight is 295 g/mol. The molecule has 0 amide bonds. The van der Waals surface area contributed by atoms with Gasteiger partial charge in [-0.2, -0.15) is 0 Å². The lowest BCUT2D eigenvalue weighted by molar-refractivity contribution is 0.186. The molecule has 2 aliphatic rings. The summed E-state index contributed by atoms with van der Waals surface area (Å²) in [7, 11) is 0. The van der Waals surface area contributed by atoms with Crippen LogP contribution in [0, 0.1) is 17.7 Å². The minimum absolute atomic E-state index is 0.240. The van der Waals surface area contributed by atoms with Crippen molar-refractivity contribution in [3.8, 4) is 0 Å². The zero-order valence-corrected chi connectivity index (χ0v) is 12.8. The topological polar surface area (TPSA) is 0 Å². The van der Waals surface area contributed by atoms with Gasteiger partial charge in [-0.05, 0) is 61.1 Å². The molecule has 0 heterocycles. The smallest absolute Gasteiger partial charge is 0.142 e. The third kappa shape index (κ3) is 3.19. The summed E-state index contributed by atoms with van der Waals surface area (Å²) < 4.78 is 13.6. The first kappa shape index (κ1) is 14.4. The highest BCUT2D eigenvalue weighted by molar-refractivity contribution is 6.30. The van der Waals surface area contributed by atoms with Gasteiger partial charge >= 0.3 is 0 Å². The fraction of sp³-hybridized carbons (Fsp3) is 0.667. The Kier molecular flexibility index (Phi) is 4.65. The maximum atomic E-state index is 13.6. The third-order valence-electron chi connectivity index (χ3n) is 5.50. The van der Waals surface area contributed by atoms with Crippen LogP contribution in [0.2, 0.25) is 5.02 Å².